The standard InChI is InChI=1S/C43H48N4O10/c48-39(37-38(57-37)41(50)51)46-36(27-31-19-21-35(22-20-31)54-28-32-13-4-1-5-14-32)40(49)47(26-12-24-45-43(53)56-30-34-17-8-3-9-18-34)25-11-10-23-44-42(52)55-29-33-15-6-2-7-16-33/h1-9,13-22,36-38H,10-12,23-30H2,(H,44,52)(H,45,53)(H,46,48)(H,50,51)/t36-,37-,38-/m0/s1. The monoisotopic (exact) mass is 780 g/mol. The number of aliphatic carboxylic acids is 1. The van der Waals surface area contributed by atoms with Crippen LogP contribution in [-0.2, 0) is 54.8 Å². The Morgan fingerprint density at radius 2 is 1.12 bits per heavy atom. The number of amides is 4. The van der Waals surface area contributed by atoms with Gasteiger partial charge >= 0.3 is 18.2 Å². The summed E-state index contributed by atoms with van der Waals surface area (Å²) in [5.74, 6) is -1.75. The average molecular weight is 781 g/mol. The Morgan fingerprint density at radius 1 is 0.614 bits per heavy atom. The van der Waals surface area contributed by atoms with Crippen LogP contribution in [0.25, 0.3) is 0 Å². The molecule has 1 fully saturated rings. The normalized spacial score (nSPS) is 14.7. The molecule has 4 aromatic carbocycles. The molecule has 1 aliphatic rings. The Morgan fingerprint density at radius 3 is 1.65 bits per heavy atom. The van der Waals surface area contributed by atoms with Gasteiger partial charge in [-0.05, 0) is 53.6 Å². The maximum absolute atomic E-state index is 14.3. The van der Waals surface area contributed by atoms with Crippen molar-refractivity contribution in [2.75, 3.05) is 26.2 Å². The van der Waals surface area contributed by atoms with Crippen LogP contribution in [0.3, 0.4) is 0 Å². The van der Waals surface area contributed by atoms with Crippen molar-refractivity contribution in [2.24, 2.45) is 0 Å². The molecule has 14 nitrogen and oxygen atoms in total. The number of carboxylic acids is 1. The number of rotatable bonds is 22. The zero-order valence-corrected chi connectivity index (χ0v) is 31.5. The zero-order chi connectivity index (χ0) is 40.2. The van der Waals surface area contributed by atoms with Crippen molar-refractivity contribution in [3.8, 4) is 5.75 Å². The summed E-state index contributed by atoms with van der Waals surface area (Å²) in [4.78, 5) is 65.0. The van der Waals surface area contributed by atoms with Gasteiger partial charge in [0, 0.05) is 32.6 Å². The maximum atomic E-state index is 14.3. The lowest BCUT2D eigenvalue weighted by atomic mass is 10.0. The fourth-order valence-corrected chi connectivity index (χ4v) is 5.83. The number of hydrogen-bond acceptors (Lipinski definition) is 9. The van der Waals surface area contributed by atoms with Gasteiger partial charge in [-0.1, -0.05) is 103 Å². The Hall–Kier alpha value is -6.41. The van der Waals surface area contributed by atoms with E-state index in [9.17, 15) is 29.1 Å². The van der Waals surface area contributed by atoms with E-state index in [0.717, 1.165) is 22.3 Å². The van der Waals surface area contributed by atoms with Gasteiger partial charge in [-0.2, -0.15) is 0 Å². The molecule has 0 spiro atoms. The fraction of sp³-hybridized carbons (Fsp3) is 0.326. The summed E-state index contributed by atoms with van der Waals surface area (Å²) in [7, 11) is 0. The molecule has 1 saturated heterocycles. The summed E-state index contributed by atoms with van der Waals surface area (Å²) in [6.45, 7) is 1.64. The zero-order valence-electron chi connectivity index (χ0n) is 31.5. The summed E-state index contributed by atoms with van der Waals surface area (Å²) in [5.41, 5.74) is 3.45. The Kier molecular flexibility index (Phi) is 16.3. The Balaban J connectivity index is 1.19. The first-order valence-electron chi connectivity index (χ1n) is 18.9. The van der Waals surface area contributed by atoms with Gasteiger partial charge in [-0.15, -0.1) is 0 Å². The van der Waals surface area contributed by atoms with Crippen LogP contribution in [0, 0.1) is 0 Å². The van der Waals surface area contributed by atoms with Gasteiger partial charge in [0.15, 0.2) is 12.2 Å². The lowest BCUT2D eigenvalue weighted by Gasteiger charge is -2.28. The molecule has 1 heterocycles. The highest BCUT2D eigenvalue weighted by Gasteiger charge is 2.51. The number of nitrogens with zero attached hydrogens (tertiary/aromatic N) is 1. The third-order valence-electron chi connectivity index (χ3n) is 8.95. The number of nitrogens with one attached hydrogen (secondary N) is 3. The molecule has 0 bridgehead atoms. The SMILES string of the molecule is O=C(NCCCCN(CCCNC(=O)OCc1ccccc1)C(=O)[C@H](Cc1ccc(OCc2ccccc2)cc1)NC(=O)[C@H]1O[C@@H]1C(=O)O)OCc1ccccc1. The quantitative estimate of drug-likeness (QED) is 0.0626. The van der Waals surface area contributed by atoms with Crippen molar-refractivity contribution in [3.63, 3.8) is 0 Å². The summed E-state index contributed by atoms with van der Waals surface area (Å²) in [6.07, 6.45) is -2.15. The van der Waals surface area contributed by atoms with E-state index in [1.165, 1.54) is 0 Å². The number of ether oxygens (including phenoxy) is 4. The predicted molar refractivity (Wildman–Crippen MR) is 209 cm³/mol. The van der Waals surface area contributed by atoms with Crippen molar-refractivity contribution in [1.82, 2.24) is 20.9 Å². The van der Waals surface area contributed by atoms with E-state index in [1.807, 2.05) is 91.0 Å². The highest BCUT2D eigenvalue weighted by atomic mass is 16.6. The minimum absolute atomic E-state index is 0.101. The second-order valence-electron chi connectivity index (χ2n) is 13.4. The molecule has 14 heteroatoms. The van der Waals surface area contributed by atoms with Crippen LogP contribution in [0.4, 0.5) is 9.59 Å². The summed E-state index contributed by atoms with van der Waals surface area (Å²) in [5, 5.41) is 17.5. The predicted octanol–water partition coefficient (Wildman–Crippen LogP) is 5.00. The lowest BCUT2D eigenvalue weighted by molar-refractivity contribution is -0.138. The molecular weight excluding hydrogens is 732 g/mol. The minimum Gasteiger partial charge on any atom is -0.489 e. The highest BCUT2D eigenvalue weighted by molar-refractivity contribution is 5.95. The van der Waals surface area contributed by atoms with Crippen molar-refractivity contribution < 1.29 is 48.0 Å². The molecule has 5 rings (SSSR count). The van der Waals surface area contributed by atoms with Gasteiger partial charge in [-0.25, -0.2) is 14.4 Å². The van der Waals surface area contributed by atoms with E-state index in [2.05, 4.69) is 16.0 Å². The summed E-state index contributed by atoms with van der Waals surface area (Å²) >= 11 is 0. The fourth-order valence-electron chi connectivity index (χ4n) is 5.83. The third-order valence-corrected chi connectivity index (χ3v) is 8.95. The average Bonchev–Trinajstić information content (AvgIpc) is 4.05. The van der Waals surface area contributed by atoms with Crippen LogP contribution in [0.2, 0.25) is 0 Å². The second kappa shape index (κ2) is 22.2. The number of hydrogen-bond donors (Lipinski definition) is 4. The smallest absolute Gasteiger partial charge is 0.407 e. The summed E-state index contributed by atoms with van der Waals surface area (Å²) in [6, 6.07) is 34.4. The first kappa shape index (κ1) is 41.7. The third kappa shape index (κ3) is 14.6. The van der Waals surface area contributed by atoms with Crippen LogP contribution < -0.4 is 20.7 Å². The lowest BCUT2D eigenvalue weighted by Crippen LogP contribution is -2.51. The van der Waals surface area contributed by atoms with Gasteiger partial charge in [-0.3, -0.25) is 9.59 Å². The molecule has 0 aliphatic carbocycles. The van der Waals surface area contributed by atoms with Gasteiger partial charge in [0.05, 0.1) is 0 Å². The molecule has 300 valence electrons. The molecule has 0 saturated carbocycles. The topological polar surface area (TPSA) is 185 Å². The minimum atomic E-state index is -1.28. The number of epoxide rings is 1. The molecule has 57 heavy (non-hydrogen) atoms. The molecule has 0 radical (unpaired) electrons. The van der Waals surface area contributed by atoms with E-state index < -0.39 is 48.2 Å². The first-order valence-corrected chi connectivity index (χ1v) is 18.9. The van der Waals surface area contributed by atoms with Crippen molar-refractivity contribution in [3.05, 3.63) is 138 Å². The number of unbranched alkanes of at least 4 members (excludes halogenated alkanes) is 1. The first-order chi connectivity index (χ1) is 27.7. The Labute approximate surface area is 331 Å². The van der Waals surface area contributed by atoms with E-state index in [1.54, 1.807) is 29.2 Å². The van der Waals surface area contributed by atoms with Crippen LogP contribution in [0.1, 0.15) is 41.5 Å². The highest BCUT2D eigenvalue weighted by Crippen LogP contribution is 2.23. The number of benzene rings is 4. The van der Waals surface area contributed by atoms with Gasteiger partial charge in [0.2, 0.25) is 5.91 Å². The van der Waals surface area contributed by atoms with Crippen LogP contribution in [0.5, 0.6) is 5.75 Å². The van der Waals surface area contributed by atoms with Crippen LogP contribution in [-0.4, -0.2) is 84.4 Å². The van der Waals surface area contributed by atoms with Crippen molar-refractivity contribution in [1.29, 1.82) is 0 Å². The molecule has 4 amide bonds. The van der Waals surface area contributed by atoms with E-state index in [-0.39, 0.29) is 39.3 Å². The molecule has 4 N–H and O–H groups in total. The number of carbonyl (C=O) groups excluding carboxylic acids is 4. The van der Waals surface area contributed by atoms with Gasteiger partial charge in [0.25, 0.3) is 5.91 Å². The molecule has 0 unspecified atom stereocenters. The number of carboxylic acid groups (broad SMARTS) is 1. The molecule has 1 aliphatic heterocycles. The van der Waals surface area contributed by atoms with Gasteiger partial charge < -0.3 is 44.9 Å². The van der Waals surface area contributed by atoms with E-state index >= 15 is 0 Å². The van der Waals surface area contributed by atoms with Crippen molar-refractivity contribution in [2.45, 2.75) is 63.8 Å². The Bertz CT molecular complexity index is 1880. The molecular formula is C43H48N4O10. The number of carbonyl (C=O) groups is 5. The molecule has 4 aromatic rings. The van der Waals surface area contributed by atoms with Crippen LogP contribution >= 0.6 is 0 Å². The molecule has 0 aromatic heterocycles. The number of alkyl carbamates (subject to hydrolysis) is 2. The van der Waals surface area contributed by atoms with Gasteiger partial charge in [0.1, 0.15) is 31.6 Å². The second-order valence-corrected chi connectivity index (χ2v) is 13.4. The van der Waals surface area contributed by atoms with E-state index in [0.29, 0.717) is 38.2 Å². The van der Waals surface area contributed by atoms with Crippen molar-refractivity contribution >= 4 is 30.0 Å². The maximum Gasteiger partial charge on any atom is 0.407 e. The van der Waals surface area contributed by atoms with Crippen LogP contribution in [0.15, 0.2) is 115 Å². The summed E-state index contributed by atoms with van der Waals surface area (Å²) < 4.78 is 21.6. The largest absolute Gasteiger partial charge is 0.489 e. The van der Waals surface area contributed by atoms with E-state index in [4.69, 9.17) is 18.9 Å². The molecule has 3 atom stereocenters.